The summed E-state index contributed by atoms with van der Waals surface area (Å²) < 4.78 is 10.5. The minimum atomic E-state index is -0.178. The van der Waals surface area contributed by atoms with E-state index in [4.69, 9.17) is 26.2 Å². The first-order chi connectivity index (χ1) is 14.6. The first kappa shape index (κ1) is 20.5. The van der Waals surface area contributed by atoms with Crippen LogP contribution in [0.3, 0.4) is 0 Å². The van der Waals surface area contributed by atoms with E-state index in [0.717, 1.165) is 47.6 Å². The molecule has 0 spiro atoms. The number of hydrogen-bond donors (Lipinski definition) is 0. The maximum Gasteiger partial charge on any atom is 0.258 e. The quantitative estimate of drug-likeness (QED) is 0.630. The average molecular weight is 425 g/mol. The number of hydrogen-bond acceptors (Lipinski definition) is 4. The van der Waals surface area contributed by atoms with Crippen LogP contribution >= 0.6 is 11.6 Å². The average Bonchev–Trinajstić information content (AvgIpc) is 3.20. The maximum absolute atomic E-state index is 12.6. The number of ether oxygens (including phenoxy) is 2. The summed E-state index contributed by atoms with van der Waals surface area (Å²) in [7, 11) is 3.31. The zero-order chi connectivity index (χ0) is 21.1. The van der Waals surface area contributed by atoms with Gasteiger partial charge in [0.25, 0.3) is 5.91 Å². The molecule has 2 aromatic rings. The summed E-state index contributed by atoms with van der Waals surface area (Å²) in [6, 6.07) is 15.7. The minimum absolute atomic E-state index is 0.0896. The Bertz CT molecular complexity index is 967. The van der Waals surface area contributed by atoms with Crippen LogP contribution in [0.2, 0.25) is 0 Å². The first-order valence-electron chi connectivity index (χ1n) is 10.1. The van der Waals surface area contributed by atoms with Crippen LogP contribution in [0.15, 0.2) is 59.2 Å². The highest BCUT2D eigenvalue weighted by Crippen LogP contribution is 2.44. The van der Waals surface area contributed by atoms with Crippen molar-refractivity contribution in [3.05, 3.63) is 65.2 Å². The van der Waals surface area contributed by atoms with Crippen molar-refractivity contribution < 1.29 is 14.3 Å². The second kappa shape index (κ2) is 8.92. The molecule has 156 valence electrons. The number of carbonyl (C=O) groups excluding carboxylic acids is 1. The number of hydrazone groups is 1. The van der Waals surface area contributed by atoms with Crippen molar-refractivity contribution in [3.8, 4) is 11.5 Å². The number of halogens is 1. The Kier molecular flexibility index (Phi) is 6.09. The summed E-state index contributed by atoms with van der Waals surface area (Å²) in [6.07, 6.45) is 5.16. The number of carbonyl (C=O) groups is 1. The summed E-state index contributed by atoms with van der Waals surface area (Å²) in [6.45, 7) is 0. The SMILES string of the molecule is COc1ccc(C=C2CCCC3C2=NN(C(=O)CCl)C3c2ccc(OC)cc2)cc1. The predicted molar refractivity (Wildman–Crippen MR) is 119 cm³/mol. The van der Waals surface area contributed by atoms with E-state index in [9.17, 15) is 4.79 Å². The van der Waals surface area contributed by atoms with Gasteiger partial charge in [0.1, 0.15) is 17.4 Å². The van der Waals surface area contributed by atoms with Gasteiger partial charge in [-0.3, -0.25) is 4.79 Å². The Morgan fingerprint density at radius 2 is 1.73 bits per heavy atom. The van der Waals surface area contributed by atoms with E-state index in [1.165, 1.54) is 5.57 Å². The fourth-order valence-electron chi connectivity index (χ4n) is 4.30. The third-order valence-electron chi connectivity index (χ3n) is 5.79. The third kappa shape index (κ3) is 3.94. The zero-order valence-corrected chi connectivity index (χ0v) is 17.9. The Morgan fingerprint density at radius 1 is 1.10 bits per heavy atom. The van der Waals surface area contributed by atoms with Gasteiger partial charge in [0.2, 0.25) is 0 Å². The fourth-order valence-corrected chi connectivity index (χ4v) is 4.43. The Labute approximate surface area is 181 Å². The minimum Gasteiger partial charge on any atom is -0.497 e. The van der Waals surface area contributed by atoms with Crippen molar-refractivity contribution in [3.63, 3.8) is 0 Å². The van der Waals surface area contributed by atoms with E-state index in [1.807, 2.05) is 48.5 Å². The van der Waals surface area contributed by atoms with Gasteiger partial charge in [0.05, 0.1) is 26.0 Å². The lowest BCUT2D eigenvalue weighted by molar-refractivity contribution is -0.130. The molecule has 0 saturated heterocycles. The van der Waals surface area contributed by atoms with Crippen molar-refractivity contribution in [2.45, 2.75) is 25.3 Å². The number of amides is 1. The molecule has 2 aliphatic rings. The van der Waals surface area contributed by atoms with Crippen molar-refractivity contribution in [1.29, 1.82) is 0 Å². The van der Waals surface area contributed by atoms with E-state index >= 15 is 0 Å². The molecule has 1 heterocycles. The van der Waals surface area contributed by atoms with Gasteiger partial charge in [-0.15, -0.1) is 11.6 Å². The molecule has 2 atom stereocenters. The van der Waals surface area contributed by atoms with Gasteiger partial charge in [-0.2, -0.15) is 5.10 Å². The normalized spacial score (nSPS) is 21.9. The molecule has 1 fully saturated rings. The number of fused-ring (bicyclic) bond motifs is 1. The molecular weight excluding hydrogens is 400 g/mol. The van der Waals surface area contributed by atoms with Crippen LogP contribution in [0, 0.1) is 5.92 Å². The highest BCUT2D eigenvalue weighted by Gasteiger charge is 2.43. The fraction of sp³-hybridized carbons (Fsp3) is 0.333. The molecule has 0 radical (unpaired) electrons. The molecule has 30 heavy (non-hydrogen) atoms. The van der Waals surface area contributed by atoms with Crippen LogP contribution in [0.5, 0.6) is 11.5 Å². The van der Waals surface area contributed by atoms with Crippen molar-refractivity contribution in [2.75, 3.05) is 20.1 Å². The Hall–Kier alpha value is -2.79. The van der Waals surface area contributed by atoms with E-state index < -0.39 is 0 Å². The molecule has 2 unspecified atom stereocenters. The molecule has 4 rings (SSSR count). The number of rotatable bonds is 5. The van der Waals surface area contributed by atoms with E-state index in [0.29, 0.717) is 0 Å². The summed E-state index contributed by atoms with van der Waals surface area (Å²) in [5, 5.41) is 6.37. The number of benzene rings is 2. The van der Waals surface area contributed by atoms with E-state index in [1.54, 1.807) is 19.2 Å². The molecular formula is C24H25ClN2O3. The molecule has 1 aliphatic carbocycles. The van der Waals surface area contributed by atoms with Crippen molar-refractivity contribution in [2.24, 2.45) is 11.0 Å². The highest BCUT2D eigenvalue weighted by molar-refractivity contribution is 6.27. The number of alkyl halides is 1. The van der Waals surface area contributed by atoms with E-state index in [-0.39, 0.29) is 23.7 Å². The van der Waals surface area contributed by atoms with Crippen LogP contribution < -0.4 is 9.47 Å². The number of methoxy groups -OCH3 is 2. The lowest BCUT2D eigenvalue weighted by atomic mass is 9.77. The lowest BCUT2D eigenvalue weighted by Crippen LogP contribution is -2.32. The smallest absolute Gasteiger partial charge is 0.258 e. The van der Waals surface area contributed by atoms with Crippen LogP contribution in [0.1, 0.15) is 36.4 Å². The first-order valence-corrected chi connectivity index (χ1v) is 10.6. The molecule has 6 heteroatoms. The summed E-state index contributed by atoms with van der Waals surface area (Å²) in [5.74, 6) is 1.51. The van der Waals surface area contributed by atoms with Gasteiger partial charge in [0.15, 0.2) is 0 Å². The molecule has 1 amide bonds. The van der Waals surface area contributed by atoms with Crippen molar-refractivity contribution in [1.82, 2.24) is 5.01 Å². The van der Waals surface area contributed by atoms with Gasteiger partial charge in [-0.25, -0.2) is 5.01 Å². The van der Waals surface area contributed by atoms with Crippen LogP contribution in [0.25, 0.3) is 6.08 Å². The zero-order valence-electron chi connectivity index (χ0n) is 17.2. The largest absolute Gasteiger partial charge is 0.497 e. The number of nitrogens with zero attached hydrogens (tertiary/aromatic N) is 2. The van der Waals surface area contributed by atoms with E-state index in [2.05, 4.69) is 6.08 Å². The third-order valence-corrected chi connectivity index (χ3v) is 6.01. The summed E-state index contributed by atoms with van der Waals surface area (Å²) in [5.41, 5.74) is 4.32. The molecule has 0 N–H and O–H groups in total. The number of allylic oxidation sites excluding steroid dienone is 1. The van der Waals surface area contributed by atoms with Gasteiger partial charge >= 0.3 is 0 Å². The van der Waals surface area contributed by atoms with Crippen molar-refractivity contribution >= 4 is 29.3 Å². The van der Waals surface area contributed by atoms with Gasteiger partial charge < -0.3 is 9.47 Å². The van der Waals surface area contributed by atoms with Crippen LogP contribution in [0.4, 0.5) is 0 Å². The standard InChI is InChI=1S/C24H25ClN2O3/c1-29-19-10-6-16(7-11-19)14-18-4-3-5-21-23(18)26-27(22(28)15-25)24(21)17-8-12-20(30-2)13-9-17/h6-14,21,24H,3-5,15H2,1-2H3. The Morgan fingerprint density at radius 3 is 2.33 bits per heavy atom. The molecule has 2 aromatic carbocycles. The highest BCUT2D eigenvalue weighted by atomic mass is 35.5. The molecule has 0 bridgehead atoms. The van der Waals surface area contributed by atoms with Gasteiger partial charge in [-0.1, -0.05) is 24.3 Å². The van der Waals surface area contributed by atoms with Gasteiger partial charge in [0, 0.05) is 5.92 Å². The summed E-state index contributed by atoms with van der Waals surface area (Å²) >= 11 is 5.92. The molecule has 1 aliphatic heterocycles. The monoisotopic (exact) mass is 424 g/mol. The van der Waals surface area contributed by atoms with Crippen LogP contribution in [-0.4, -0.2) is 36.7 Å². The lowest BCUT2D eigenvalue weighted by Gasteiger charge is -2.29. The second-order valence-electron chi connectivity index (χ2n) is 7.52. The summed E-state index contributed by atoms with van der Waals surface area (Å²) in [4.78, 5) is 12.6. The topological polar surface area (TPSA) is 51.1 Å². The Balaban J connectivity index is 1.69. The molecule has 0 aromatic heterocycles. The molecule has 5 nitrogen and oxygen atoms in total. The predicted octanol–water partition coefficient (Wildman–Crippen LogP) is 5.07. The second-order valence-corrected chi connectivity index (χ2v) is 7.78. The van der Waals surface area contributed by atoms with Gasteiger partial charge in [-0.05, 0) is 66.3 Å². The molecule has 1 saturated carbocycles. The maximum atomic E-state index is 12.6. The van der Waals surface area contributed by atoms with Crippen LogP contribution in [-0.2, 0) is 4.79 Å².